The zero-order chi connectivity index (χ0) is 14.2. The van der Waals surface area contributed by atoms with Gasteiger partial charge in [-0.1, -0.05) is 0 Å². The number of alkyl carbamates (subject to hydrolysis) is 1. The van der Waals surface area contributed by atoms with E-state index in [2.05, 4.69) is 5.32 Å². The molecule has 0 aromatic heterocycles. The van der Waals surface area contributed by atoms with Gasteiger partial charge in [-0.2, -0.15) is 0 Å². The Hall–Kier alpha value is -1.50. The maximum Gasteiger partial charge on any atom is 0.407 e. The molecule has 108 valence electrons. The van der Waals surface area contributed by atoms with E-state index in [1.54, 1.807) is 25.7 Å². The second kappa shape index (κ2) is 4.88. The van der Waals surface area contributed by atoms with Gasteiger partial charge >= 0.3 is 12.1 Å². The minimum absolute atomic E-state index is 0.0755. The largest absolute Gasteiger partial charge is 0.444 e. The van der Waals surface area contributed by atoms with Gasteiger partial charge in [0.15, 0.2) is 0 Å². The molecule has 2 fully saturated rings. The molecule has 2 saturated heterocycles. The van der Waals surface area contributed by atoms with Crippen LogP contribution in [-0.4, -0.2) is 58.1 Å². The Morgan fingerprint density at radius 2 is 2.16 bits per heavy atom. The molecule has 0 aromatic rings. The highest BCUT2D eigenvalue weighted by atomic mass is 16.6. The molecule has 2 aliphatic heterocycles. The van der Waals surface area contributed by atoms with Crippen LogP contribution in [-0.2, 0) is 4.74 Å². The van der Waals surface area contributed by atoms with Gasteiger partial charge in [-0.3, -0.25) is 5.21 Å². The Morgan fingerprint density at radius 1 is 1.47 bits per heavy atom. The lowest BCUT2D eigenvalue weighted by molar-refractivity contribution is -0.0584. The highest BCUT2D eigenvalue weighted by Gasteiger charge is 2.44. The third-order valence-corrected chi connectivity index (χ3v) is 3.35. The second-order valence-electron chi connectivity index (χ2n) is 6.05. The van der Waals surface area contributed by atoms with Gasteiger partial charge in [-0.25, -0.2) is 14.7 Å². The number of urea groups is 1. The molecule has 2 rings (SSSR count). The molecule has 0 spiro atoms. The third kappa shape index (κ3) is 3.09. The van der Waals surface area contributed by atoms with Crippen LogP contribution in [0.2, 0.25) is 0 Å². The second-order valence-corrected chi connectivity index (χ2v) is 6.05. The lowest BCUT2D eigenvalue weighted by Crippen LogP contribution is -2.47. The van der Waals surface area contributed by atoms with E-state index in [-0.39, 0.29) is 18.1 Å². The van der Waals surface area contributed by atoms with Gasteiger partial charge in [0.1, 0.15) is 5.60 Å². The van der Waals surface area contributed by atoms with Crippen molar-refractivity contribution in [2.75, 3.05) is 13.1 Å². The quantitative estimate of drug-likeness (QED) is 0.739. The summed E-state index contributed by atoms with van der Waals surface area (Å²) in [4.78, 5) is 24.9. The first-order chi connectivity index (χ1) is 8.78. The molecule has 0 saturated carbocycles. The molecule has 2 N–H and O–H groups in total. The maximum atomic E-state index is 11.7. The number of ether oxygens (including phenoxy) is 1. The van der Waals surface area contributed by atoms with E-state index in [0.29, 0.717) is 13.1 Å². The lowest BCUT2D eigenvalue weighted by Gasteiger charge is -2.30. The zero-order valence-corrected chi connectivity index (χ0v) is 11.5. The van der Waals surface area contributed by atoms with Crippen molar-refractivity contribution in [3.05, 3.63) is 0 Å². The Balaban J connectivity index is 1.84. The van der Waals surface area contributed by atoms with Crippen LogP contribution in [0.5, 0.6) is 0 Å². The number of carbonyl (C=O) groups excluding carboxylic acids is 2. The number of carbonyl (C=O) groups is 2. The minimum atomic E-state index is -0.535. The van der Waals surface area contributed by atoms with Gasteiger partial charge in [-0.15, -0.1) is 0 Å². The van der Waals surface area contributed by atoms with Gasteiger partial charge in [0.05, 0.1) is 12.1 Å². The van der Waals surface area contributed by atoms with E-state index in [0.717, 1.165) is 17.9 Å². The number of amides is 3. The van der Waals surface area contributed by atoms with Crippen LogP contribution in [0, 0.1) is 0 Å². The Labute approximate surface area is 112 Å². The SMILES string of the molecule is CC(C)(C)OC(=O)NC[C@@H]1CC[C@@H]2CN1C(=O)N2O. The minimum Gasteiger partial charge on any atom is -0.444 e. The van der Waals surface area contributed by atoms with E-state index in [1.807, 2.05) is 0 Å². The van der Waals surface area contributed by atoms with Crippen molar-refractivity contribution in [2.45, 2.75) is 51.3 Å². The van der Waals surface area contributed by atoms with E-state index in [4.69, 9.17) is 4.74 Å². The fourth-order valence-electron chi connectivity index (χ4n) is 2.46. The standard InChI is InChI=1S/C12H21N3O4/c1-12(2,3)19-10(16)13-6-8-4-5-9-7-14(8)11(17)15(9)18/h8-9,18H,4-7H2,1-3H3,(H,13,16)/t8-,9+/m0/s1. The van der Waals surface area contributed by atoms with Gasteiger partial charge in [-0.05, 0) is 33.6 Å². The fraction of sp³-hybridized carbons (Fsp3) is 0.833. The van der Waals surface area contributed by atoms with E-state index in [9.17, 15) is 14.8 Å². The monoisotopic (exact) mass is 271 g/mol. The van der Waals surface area contributed by atoms with Crippen LogP contribution in [0.1, 0.15) is 33.6 Å². The number of rotatable bonds is 2. The van der Waals surface area contributed by atoms with Crippen molar-refractivity contribution in [1.29, 1.82) is 0 Å². The molecule has 2 aliphatic rings. The van der Waals surface area contributed by atoms with Crippen LogP contribution in [0.4, 0.5) is 9.59 Å². The average Bonchev–Trinajstić information content (AvgIpc) is 2.52. The predicted molar refractivity (Wildman–Crippen MR) is 66.8 cm³/mol. The fourth-order valence-corrected chi connectivity index (χ4v) is 2.46. The summed E-state index contributed by atoms with van der Waals surface area (Å²) < 4.78 is 5.14. The number of nitrogens with zero attached hydrogens (tertiary/aromatic N) is 2. The smallest absolute Gasteiger partial charge is 0.407 e. The summed E-state index contributed by atoms with van der Waals surface area (Å²) in [6, 6.07) is -0.558. The molecule has 0 aliphatic carbocycles. The van der Waals surface area contributed by atoms with Crippen LogP contribution < -0.4 is 5.32 Å². The molecule has 7 nitrogen and oxygen atoms in total. The highest BCUT2D eigenvalue weighted by Crippen LogP contribution is 2.27. The number of fused-ring (bicyclic) bond motifs is 2. The van der Waals surface area contributed by atoms with Gasteiger partial charge in [0.2, 0.25) is 0 Å². The van der Waals surface area contributed by atoms with Crippen molar-refractivity contribution >= 4 is 12.1 Å². The molecule has 0 aromatic carbocycles. The van der Waals surface area contributed by atoms with Crippen molar-refractivity contribution in [3.8, 4) is 0 Å². The first-order valence-electron chi connectivity index (χ1n) is 6.53. The summed E-state index contributed by atoms with van der Waals surface area (Å²) in [5.74, 6) is 0. The maximum absolute atomic E-state index is 11.7. The predicted octanol–water partition coefficient (Wildman–Crippen LogP) is 1.17. The zero-order valence-electron chi connectivity index (χ0n) is 11.5. The first-order valence-corrected chi connectivity index (χ1v) is 6.53. The Morgan fingerprint density at radius 3 is 2.79 bits per heavy atom. The van der Waals surface area contributed by atoms with Crippen molar-refractivity contribution < 1.29 is 19.5 Å². The molecule has 3 amide bonds. The van der Waals surface area contributed by atoms with Crippen LogP contribution >= 0.6 is 0 Å². The number of hydrogen-bond donors (Lipinski definition) is 2. The van der Waals surface area contributed by atoms with Gasteiger partial charge < -0.3 is 15.0 Å². The van der Waals surface area contributed by atoms with Crippen molar-refractivity contribution in [2.24, 2.45) is 0 Å². The summed E-state index contributed by atoms with van der Waals surface area (Å²) >= 11 is 0. The van der Waals surface area contributed by atoms with Gasteiger partial charge in [0, 0.05) is 13.1 Å². The number of hydroxylamine groups is 2. The van der Waals surface area contributed by atoms with E-state index >= 15 is 0 Å². The molecular weight excluding hydrogens is 250 g/mol. The van der Waals surface area contributed by atoms with Gasteiger partial charge in [0.25, 0.3) is 0 Å². The molecule has 19 heavy (non-hydrogen) atoms. The number of piperidine rings is 1. The average molecular weight is 271 g/mol. The first kappa shape index (κ1) is 13.9. The molecular formula is C12H21N3O4. The number of hydrogen-bond acceptors (Lipinski definition) is 4. The third-order valence-electron chi connectivity index (χ3n) is 3.35. The van der Waals surface area contributed by atoms with Crippen LogP contribution in [0.25, 0.3) is 0 Å². The summed E-state index contributed by atoms with van der Waals surface area (Å²) in [5.41, 5.74) is -0.535. The van der Waals surface area contributed by atoms with Crippen molar-refractivity contribution in [3.63, 3.8) is 0 Å². The molecule has 0 radical (unpaired) electrons. The summed E-state index contributed by atoms with van der Waals surface area (Å²) in [6.07, 6.45) is 1.03. The molecule has 7 heteroatoms. The van der Waals surface area contributed by atoms with E-state index in [1.165, 1.54) is 0 Å². The van der Waals surface area contributed by atoms with E-state index < -0.39 is 11.7 Å². The summed E-state index contributed by atoms with van der Waals surface area (Å²) in [5, 5.41) is 13.0. The topological polar surface area (TPSA) is 82.1 Å². The molecule has 2 bridgehead atoms. The molecule has 2 heterocycles. The lowest BCUT2D eigenvalue weighted by atomic mass is 10.0. The Kier molecular flexibility index (Phi) is 3.58. The number of nitrogens with one attached hydrogen (secondary N) is 1. The highest BCUT2D eigenvalue weighted by molar-refractivity contribution is 5.77. The summed E-state index contributed by atoms with van der Waals surface area (Å²) in [6.45, 7) is 6.26. The van der Waals surface area contributed by atoms with Crippen molar-refractivity contribution in [1.82, 2.24) is 15.3 Å². The molecule has 2 atom stereocenters. The Bertz CT molecular complexity index is 380. The molecule has 0 unspecified atom stereocenters. The summed E-state index contributed by atoms with van der Waals surface area (Å²) in [7, 11) is 0. The van der Waals surface area contributed by atoms with Crippen LogP contribution in [0.15, 0.2) is 0 Å². The normalized spacial score (nSPS) is 26.6. The van der Waals surface area contributed by atoms with Crippen LogP contribution in [0.3, 0.4) is 0 Å².